The molecule has 0 fully saturated rings. The fraction of sp³-hybridized carbons (Fsp3) is 0. The molecule has 4 heteroatoms. The van der Waals surface area contributed by atoms with E-state index < -0.39 is 11.0 Å². The molecule has 0 amide bonds. The van der Waals surface area contributed by atoms with Crippen LogP contribution in [0.5, 0.6) is 0 Å². The summed E-state index contributed by atoms with van der Waals surface area (Å²) in [7, 11) is -1.31. The Hall–Kier alpha value is -3.37. The fourth-order valence-electron chi connectivity index (χ4n) is 5.38. The number of para-hydroxylation sites is 3. The summed E-state index contributed by atoms with van der Waals surface area (Å²) in [5.74, 6) is 0. The van der Waals surface area contributed by atoms with Gasteiger partial charge in [-0.15, -0.1) is 0 Å². The molecular formula is C24H12N2OS. The van der Waals surface area contributed by atoms with Crippen LogP contribution in [0.15, 0.2) is 77.7 Å². The molecule has 4 heterocycles. The summed E-state index contributed by atoms with van der Waals surface area (Å²) in [6, 6.07) is 25.5. The SMILES string of the molecule is O=S1c2cccc3c4cccc5c6ccc7c8ccccc8n1c7c6n(c23)c45. The molecule has 0 saturated carbocycles. The smallest absolute Gasteiger partial charge is 0.159 e. The number of fused-ring (bicyclic) bond motifs is 5. The molecule has 0 spiro atoms. The van der Waals surface area contributed by atoms with Crippen LogP contribution in [0.25, 0.3) is 59.9 Å². The van der Waals surface area contributed by atoms with Gasteiger partial charge in [0.1, 0.15) is 0 Å². The first-order valence-corrected chi connectivity index (χ1v) is 10.5. The number of rotatable bonds is 0. The summed E-state index contributed by atoms with van der Waals surface area (Å²) in [5.41, 5.74) is 5.60. The Morgan fingerprint density at radius 1 is 0.536 bits per heavy atom. The van der Waals surface area contributed by atoms with E-state index in [2.05, 4.69) is 59.0 Å². The maximum absolute atomic E-state index is 13.9. The first-order chi connectivity index (χ1) is 13.8. The standard InChI is InChI=1S/C24H12N2OS/c27-28-20-10-4-8-16-14-6-3-7-15-18-12-11-17-13-5-1-2-9-19(13)26(28)24(17)23(18)25(21(14)15)22(16)20/h1-12H. The van der Waals surface area contributed by atoms with Crippen LogP contribution in [0.1, 0.15) is 0 Å². The molecule has 0 saturated heterocycles. The van der Waals surface area contributed by atoms with Crippen molar-refractivity contribution in [3.05, 3.63) is 72.8 Å². The second kappa shape index (κ2) is 4.21. The molecule has 0 radical (unpaired) electrons. The van der Waals surface area contributed by atoms with E-state index in [4.69, 9.17) is 0 Å². The highest BCUT2D eigenvalue weighted by atomic mass is 32.2. The predicted octanol–water partition coefficient (Wildman–Crippen LogP) is 5.83. The van der Waals surface area contributed by atoms with Crippen molar-refractivity contribution >= 4 is 70.9 Å². The largest absolute Gasteiger partial charge is 0.305 e. The lowest BCUT2D eigenvalue weighted by Crippen LogP contribution is -2.04. The Balaban J connectivity index is 1.91. The lowest BCUT2D eigenvalue weighted by molar-refractivity contribution is 0.680. The van der Waals surface area contributed by atoms with Gasteiger partial charge in [-0.1, -0.05) is 60.7 Å². The number of benzene rings is 4. The number of hydrogen-bond donors (Lipinski definition) is 0. The Kier molecular flexibility index (Phi) is 2.07. The molecule has 0 bridgehead atoms. The zero-order valence-corrected chi connectivity index (χ0v) is 15.5. The van der Waals surface area contributed by atoms with Crippen molar-refractivity contribution in [3.8, 4) is 0 Å². The molecule has 1 unspecified atom stereocenters. The monoisotopic (exact) mass is 376 g/mol. The minimum absolute atomic E-state index is 0.881. The molecule has 1 aliphatic heterocycles. The van der Waals surface area contributed by atoms with Gasteiger partial charge in [-0.3, -0.25) is 3.97 Å². The van der Waals surface area contributed by atoms with E-state index in [9.17, 15) is 4.21 Å². The van der Waals surface area contributed by atoms with E-state index in [1.165, 1.54) is 38.0 Å². The van der Waals surface area contributed by atoms with Gasteiger partial charge in [0.25, 0.3) is 0 Å². The summed E-state index contributed by atoms with van der Waals surface area (Å²) >= 11 is 0. The highest BCUT2D eigenvalue weighted by molar-refractivity contribution is 7.84. The van der Waals surface area contributed by atoms with E-state index in [0.717, 1.165) is 26.8 Å². The zero-order valence-electron chi connectivity index (χ0n) is 14.6. The Morgan fingerprint density at radius 3 is 1.96 bits per heavy atom. The van der Waals surface area contributed by atoms with Gasteiger partial charge in [0.15, 0.2) is 11.0 Å². The molecule has 3 aromatic heterocycles. The van der Waals surface area contributed by atoms with Crippen LogP contribution in [0.2, 0.25) is 0 Å². The molecule has 8 rings (SSSR count). The van der Waals surface area contributed by atoms with Gasteiger partial charge in [-0.05, 0) is 12.1 Å². The highest BCUT2D eigenvalue weighted by Crippen LogP contribution is 2.46. The molecule has 1 atom stereocenters. The normalized spacial score (nSPS) is 16.4. The number of hydrogen-bond acceptors (Lipinski definition) is 1. The van der Waals surface area contributed by atoms with E-state index in [0.29, 0.717) is 0 Å². The minimum atomic E-state index is -1.31. The summed E-state index contributed by atoms with van der Waals surface area (Å²) in [6.45, 7) is 0. The van der Waals surface area contributed by atoms with Crippen molar-refractivity contribution in [2.45, 2.75) is 4.90 Å². The van der Waals surface area contributed by atoms with Crippen LogP contribution in [0.4, 0.5) is 0 Å². The topological polar surface area (TPSA) is 26.4 Å². The van der Waals surface area contributed by atoms with Crippen LogP contribution in [-0.4, -0.2) is 12.6 Å². The molecular weight excluding hydrogens is 364 g/mol. The molecule has 28 heavy (non-hydrogen) atoms. The van der Waals surface area contributed by atoms with Crippen LogP contribution < -0.4 is 0 Å². The average Bonchev–Trinajstić information content (AvgIpc) is 3.34. The second-order valence-electron chi connectivity index (χ2n) is 7.61. The molecule has 0 N–H and O–H groups in total. The lowest BCUT2D eigenvalue weighted by Gasteiger charge is -2.06. The van der Waals surface area contributed by atoms with Gasteiger partial charge in [-0.2, -0.15) is 0 Å². The van der Waals surface area contributed by atoms with Gasteiger partial charge in [-0.25, -0.2) is 4.21 Å². The van der Waals surface area contributed by atoms with Gasteiger partial charge >= 0.3 is 0 Å². The summed E-state index contributed by atoms with van der Waals surface area (Å²) in [6.07, 6.45) is 0. The lowest BCUT2D eigenvalue weighted by atomic mass is 10.1. The maximum atomic E-state index is 13.9. The van der Waals surface area contributed by atoms with Gasteiger partial charge < -0.3 is 4.40 Å². The second-order valence-corrected chi connectivity index (χ2v) is 8.91. The van der Waals surface area contributed by atoms with E-state index >= 15 is 0 Å². The molecule has 3 nitrogen and oxygen atoms in total. The predicted molar refractivity (Wildman–Crippen MR) is 116 cm³/mol. The molecule has 0 aliphatic carbocycles. The van der Waals surface area contributed by atoms with Crippen molar-refractivity contribution in [1.82, 2.24) is 8.37 Å². The molecule has 7 aromatic rings. The van der Waals surface area contributed by atoms with E-state index in [1.807, 2.05) is 22.2 Å². The summed E-state index contributed by atoms with van der Waals surface area (Å²) in [4.78, 5) is 0.881. The van der Waals surface area contributed by atoms with E-state index in [-0.39, 0.29) is 0 Å². The van der Waals surface area contributed by atoms with Crippen molar-refractivity contribution < 1.29 is 4.21 Å². The van der Waals surface area contributed by atoms with E-state index in [1.54, 1.807) is 0 Å². The van der Waals surface area contributed by atoms with Crippen molar-refractivity contribution in [2.24, 2.45) is 0 Å². The molecule has 130 valence electrons. The summed E-state index contributed by atoms with van der Waals surface area (Å²) in [5, 5.41) is 7.23. The quantitative estimate of drug-likeness (QED) is 0.327. The van der Waals surface area contributed by atoms with Gasteiger partial charge in [0, 0.05) is 32.3 Å². The Morgan fingerprint density at radius 2 is 1.14 bits per heavy atom. The molecule has 1 aliphatic rings. The van der Waals surface area contributed by atoms with Crippen molar-refractivity contribution in [2.75, 3.05) is 0 Å². The number of nitrogens with zero attached hydrogens (tertiary/aromatic N) is 2. The van der Waals surface area contributed by atoms with Crippen LogP contribution >= 0.6 is 0 Å². The maximum Gasteiger partial charge on any atom is 0.159 e. The fourth-order valence-corrected chi connectivity index (χ4v) is 6.83. The molecule has 4 aromatic carbocycles. The number of aromatic nitrogens is 2. The van der Waals surface area contributed by atoms with Crippen LogP contribution in [0.3, 0.4) is 0 Å². The third-order valence-electron chi connectivity index (χ3n) is 6.41. The Bertz CT molecular complexity index is 1840. The van der Waals surface area contributed by atoms with Crippen molar-refractivity contribution in [1.29, 1.82) is 0 Å². The van der Waals surface area contributed by atoms with Crippen LogP contribution in [-0.2, 0) is 11.0 Å². The first-order valence-electron chi connectivity index (χ1n) is 9.40. The highest BCUT2D eigenvalue weighted by Gasteiger charge is 2.29. The van der Waals surface area contributed by atoms with Crippen LogP contribution in [0, 0.1) is 0 Å². The minimum Gasteiger partial charge on any atom is -0.305 e. The Labute approximate surface area is 161 Å². The van der Waals surface area contributed by atoms with Crippen molar-refractivity contribution in [3.63, 3.8) is 0 Å². The third kappa shape index (κ3) is 1.23. The van der Waals surface area contributed by atoms with Gasteiger partial charge in [0.2, 0.25) is 0 Å². The first kappa shape index (κ1) is 13.7. The summed E-state index contributed by atoms with van der Waals surface area (Å²) < 4.78 is 18.3. The average molecular weight is 376 g/mol. The third-order valence-corrected chi connectivity index (χ3v) is 7.82. The van der Waals surface area contributed by atoms with Gasteiger partial charge in [0.05, 0.1) is 32.5 Å². The zero-order chi connectivity index (χ0) is 18.1.